The number of carbonyl (C=O) groups is 3. The van der Waals surface area contributed by atoms with Crippen molar-refractivity contribution in [2.24, 2.45) is 0 Å². The lowest BCUT2D eigenvalue weighted by Gasteiger charge is -2.36. The molecule has 156 valence electrons. The fourth-order valence-electron chi connectivity index (χ4n) is 4.42. The molecule has 3 aliphatic rings. The Morgan fingerprint density at radius 1 is 1.17 bits per heavy atom. The van der Waals surface area contributed by atoms with Crippen LogP contribution in [0.15, 0.2) is 18.2 Å². The van der Waals surface area contributed by atoms with Crippen LogP contribution >= 0.6 is 0 Å². The first kappa shape index (κ1) is 19.8. The monoisotopic (exact) mass is 401 g/mol. The van der Waals surface area contributed by atoms with E-state index in [9.17, 15) is 14.4 Å². The van der Waals surface area contributed by atoms with Crippen molar-refractivity contribution in [3.8, 4) is 5.75 Å². The number of methoxy groups -OCH3 is 1. The zero-order valence-corrected chi connectivity index (χ0v) is 16.8. The molecule has 0 radical (unpaired) electrons. The molecule has 1 aromatic rings. The molecule has 2 fully saturated rings. The molecule has 0 bridgehead atoms. The van der Waals surface area contributed by atoms with E-state index in [2.05, 4.69) is 17.1 Å². The highest BCUT2D eigenvalue weighted by molar-refractivity contribution is 6.05. The van der Waals surface area contributed by atoms with Crippen LogP contribution in [-0.4, -0.2) is 72.5 Å². The maximum atomic E-state index is 12.8. The van der Waals surface area contributed by atoms with Crippen LogP contribution in [0.25, 0.3) is 0 Å². The van der Waals surface area contributed by atoms with Crippen molar-refractivity contribution in [3.05, 3.63) is 29.3 Å². The number of ether oxygens (including phenoxy) is 2. The Morgan fingerprint density at radius 2 is 1.97 bits per heavy atom. The van der Waals surface area contributed by atoms with Gasteiger partial charge in [0.15, 0.2) is 0 Å². The number of rotatable bonds is 5. The number of likely N-dealkylation sites (tertiary alicyclic amines) is 1. The van der Waals surface area contributed by atoms with Gasteiger partial charge in [0, 0.05) is 45.1 Å². The molecule has 0 spiro atoms. The predicted molar refractivity (Wildman–Crippen MR) is 104 cm³/mol. The summed E-state index contributed by atoms with van der Waals surface area (Å²) in [5, 5.41) is 2.33. The van der Waals surface area contributed by atoms with Gasteiger partial charge in [-0.25, -0.2) is 0 Å². The van der Waals surface area contributed by atoms with Gasteiger partial charge in [-0.1, -0.05) is 6.92 Å². The Bertz CT molecular complexity index is 815. The topological polar surface area (TPSA) is 88.2 Å². The van der Waals surface area contributed by atoms with E-state index in [-0.39, 0.29) is 30.4 Å². The van der Waals surface area contributed by atoms with Crippen LogP contribution in [0.5, 0.6) is 5.75 Å². The molecule has 8 nitrogen and oxygen atoms in total. The molecule has 1 unspecified atom stereocenters. The lowest BCUT2D eigenvalue weighted by Crippen LogP contribution is -2.52. The Morgan fingerprint density at radius 3 is 2.69 bits per heavy atom. The van der Waals surface area contributed by atoms with Gasteiger partial charge in [-0.2, -0.15) is 0 Å². The second-order valence-electron chi connectivity index (χ2n) is 7.90. The van der Waals surface area contributed by atoms with E-state index in [1.54, 1.807) is 18.1 Å². The third-order valence-electron chi connectivity index (χ3n) is 6.03. The average molecular weight is 401 g/mol. The van der Waals surface area contributed by atoms with Crippen molar-refractivity contribution in [1.29, 1.82) is 0 Å². The number of benzene rings is 1. The summed E-state index contributed by atoms with van der Waals surface area (Å²) in [7, 11) is 1.73. The molecule has 3 aliphatic heterocycles. The number of likely N-dealkylation sites (N-methyl/N-ethyl adjacent to an activating group) is 1. The van der Waals surface area contributed by atoms with Crippen LogP contribution in [-0.2, 0) is 20.9 Å². The van der Waals surface area contributed by atoms with Crippen LogP contribution in [0.2, 0.25) is 0 Å². The molecule has 0 saturated carbocycles. The summed E-state index contributed by atoms with van der Waals surface area (Å²) in [6.07, 6.45) is 1.61. The third-order valence-corrected chi connectivity index (χ3v) is 6.03. The Hall–Kier alpha value is -2.45. The fourth-order valence-corrected chi connectivity index (χ4v) is 4.42. The van der Waals surface area contributed by atoms with Crippen molar-refractivity contribution < 1.29 is 23.9 Å². The largest absolute Gasteiger partial charge is 0.489 e. The molecule has 0 aromatic heterocycles. The first-order chi connectivity index (χ1) is 14.0. The maximum absolute atomic E-state index is 12.8. The minimum Gasteiger partial charge on any atom is -0.489 e. The molecular weight excluding hydrogens is 374 g/mol. The maximum Gasteiger partial charge on any atom is 0.255 e. The molecule has 0 aliphatic carbocycles. The van der Waals surface area contributed by atoms with Gasteiger partial charge in [-0.3, -0.25) is 24.6 Å². The number of amides is 3. The Kier molecular flexibility index (Phi) is 5.56. The van der Waals surface area contributed by atoms with Gasteiger partial charge < -0.3 is 14.4 Å². The second kappa shape index (κ2) is 8.12. The average Bonchev–Trinajstić information content (AvgIpc) is 3.03. The van der Waals surface area contributed by atoms with E-state index < -0.39 is 11.9 Å². The number of hydrogen-bond acceptors (Lipinski definition) is 6. The van der Waals surface area contributed by atoms with Crippen molar-refractivity contribution >= 4 is 17.7 Å². The van der Waals surface area contributed by atoms with Crippen molar-refractivity contribution in [1.82, 2.24) is 15.1 Å². The third kappa shape index (κ3) is 4.00. The van der Waals surface area contributed by atoms with Crippen molar-refractivity contribution in [2.75, 3.05) is 26.7 Å². The number of carbonyl (C=O) groups excluding carboxylic acids is 3. The molecule has 3 amide bonds. The van der Waals surface area contributed by atoms with Crippen molar-refractivity contribution in [2.45, 2.75) is 51.0 Å². The quantitative estimate of drug-likeness (QED) is 0.739. The minimum absolute atomic E-state index is 0.0232. The molecule has 2 saturated heterocycles. The van der Waals surface area contributed by atoms with Crippen LogP contribution < -0.4 is 10.1 Å². The lowest BCUT2D eigenvalue weighted by atomic mass is 10.0. The first-order valence-electron chi connectivity index (χ1n) is 10.2. The van der Waals surface area contributed by atoms with Crippen LogP contribution in [0.1, 0.15) is 42.1 Å². The number of nitrogens with one attached hydrogen (secondary N) is 1. The predicted octanol–water partition coefficient (Wildman–Crippen LogP) is 0.936. The fraction of sp³-hybridized carbons (Fsp3) is 0.571. The molecular formula is C21H27N3O5. The minimum atomic E-state index is -0.601. The molecule has 8 heteroatoms. The smallest absolute Gasteiger partial charge is 0.255 e. The normalized spacial score (nSPS) is 27.7. The highest BCUT2D eigenvalue weighted by atomic mass is 16.5. The molecule has 3 atom stereocenters. The highest BCUT2D eigenvalue weighted by Crippen LogP contribution is 2.31. The van der Waals surface area contributed by atoms with Crippen LogP contribution in [0.3, 0.4) is 0 Å². The van der Waals surface area contributed by atoms with E-state index in [1.807, 2.05) is 12.1 Å². The van der Waals surface area contributed by atoms with Crippen LogP contribution in [0, 0.1) is 0 Å². The summed E-state index contributed by atoms with van der Waals surface area (Å²) in [6.45, 7) is 5.17. The number of fused-ring (bicyclic) bond motifs is 1. The second-order valence-corrected chi connectivity index (χ2v) is 7.90. The SMILES string of the molecule is CCN1C[C@@H](OC)C[C@H](Oc2ccc3c(c2)CN(C2CCC(=O)NC2=O)C3=O)C1. The molecule has 1 aromatic carbocycles. The van der Waals surface area contributed by atoms with Gasteiger partial charge in [0.1, 0.15) is 17.9 Å². The molecule has 1 N–H and O–H groups in total. The van der Waals surface area contributed by atoms with Crippen LogP contribution in [0.4, 0.5) is 0 Å². The standard InChI is InChI=1S/C21H27N3O5/c1-3-23-11-15(28-2)9-16(12-23)29-14-4-5-17-13(8-14)10-24(21(17)27)18-6-7-19(25)22-20(18)26/h4-5,8,15-16,18H,3,6-7,9-12H2,1-2H3,(H,22,25,26)/t15-,16-,18?/m0/s1. The summed E-state index contributed by atoms with van der Waals surface area (Å²) in [4.78, 5) is 40.2. The van der Waals surface area contributed by atoms with Gasteiger partial charge in [0.05, 0.1) is 6.10 Å². The number of nitrogens with zero attached hydrogens (tertiary/aromatic N) is 2. The van der Waals surface area contributed by atoms with E-state index in [0.717, 1.165) is 37.4 Å². The van der Waals surface area contributed by atoms with E-state index >= 15 is 0 Å². The Labute approximate surface area is 170 Å². The zero-order valence-electron chi connectivity index (χ0n) is 16.8. The van der Waals surface area contributed by atoms with Gasteiger partial charge in [-0.05, 0) is 36.7 Å². The van der Waals surface area contributed by atoms with Gasteiger partial charge in [-0.15, -0.1) is 0 Å². The molecule has 29 heavy (non-hydrogen) atoms. The first-order valence-corrected chi connectivity index (χ1v) is 10.2. The summed E-state index contributed by atoms with van der Waals surface area (Å²) in [5.74, 6) is -0.129. The summed E-state index contributed by atoms with van der Waals surface area (Å²) < 4.78 is 11.8. The van der Waals surface area contributed by atoms with E-state index in [0.29, 0.717) is 18.5 Å². The highest BCUT2D eigenvalue weighted by Gasteiger charge is 2.39. The number of piperidine rings is 2. The van der Waals surface area contributed by atoms with E-state index in [1.165, 1.54) is 0 Å². The van der Waals surface area contributed by atoms with Gasteiger partial charge >= 0.3 is 0 Å². The van der Waals surface area contributed by atoms with Gasteiger partial charge in [0.2, 0.25) is 11.8 Å². The molecule has 4 rings (SSSR count). The number of hydrogen-bond donors (Lipinski definition) is 1. The van der Waals surface area contributed by atoms with E-state index in [4.69, 9.17) is 9.47 Å². The summed E-state index contributed by atoms with van der Waals surface area (Å²) in [5.41, 5.74) is 1.44. The summed E-state index contributed by atoms with van der Waals surface area (Å²) >= 11 is 0. The zero-order chi connectivity index (χ0) is 20.5. The van der Waals surface area contributed by atoms with Gasteiger partial charge in [0.25, 0.3) is 5.91 Å². The Balaban J connectivity index is 1.46. The summed E-state index contributed by atoms with van der Waals surface area (Å²) in [6, 6.07) is 4.88. The lowest BCUT2D eigenvalue weighted by molar-refractivity contribution is -0.136. The van der Waals surface area contributed by atoms with Crippen molar-refractivity contribution in [3.63, 3.8) is 0 Å². The number of imide groups is 1. The molecule has 3 heterocycles.